The number of likely N-dealkylation sites (N-methyl/N-ethyl adjacent to an activating group) is 1. The van der Waals surface area contributed by atoms with Crippen LogP contribution >= 0.6 is 0 Å². The number of ether oxygens (including phenoxy) is 1. The number of fused-ring (bicyclic) bond motifs is 3. The van der Waals surface area contributed by atoms with Crippen LogP contribution in [0.5, 0.6) is 5.75 Å². The number of aliphatic hydroxyl groups is 3. The molecule has 0 bridgehead atoms. The third kappa shape index (κ3) is 3.29. The van der Waals surface area contributed by atoms with E-state index in [9.17, 15) is 29.7 Å². The molecule has 0 saturated heterocycles. The molecule has 4 rings (SSSR count). The van der Waals surface area contributed by atoms with Gasteiger partial charge >= 0.3 is 0 Å². The Labute approximate surface area is 191 Å². The number of nitrogens with two attached hydrogens (primary N) is 1. The summed E-state index contributed by atoms with van der Waals surface area (Å²) in [6.45, 7) is 2.37. The highest BCUT2D eigenvalue weighted by atomic mass is 16.5. The van der Waals surface area contributed by atoms with E-state index in [0.717, 1.165) is 12.0 Å². The molecule has 178 valence electrons. The number of carbonyl (C=O) groups excluding carboxylic acids is 3. The Hall–Kier alpha value is -2.75. The maximum absolute atomic E-state index is 13.7. The molecule has 0 aromatic heterocycles. The van der Waals surface area contributed by atoms with Gasteiger partial charge in [-0.15, -0.1) is 0 Å². The maximum atomic E-state index is 13.7. The van der Waals surface area contributed by atoms with E-state index in [4.69, 9.17) is 10.5 Å². The molecule has 0 spiro atoms. The fraction of sp³-hybridized carbons (Fsp3) is 0.542. The van der Waals surface area contributed by atoms with Crippen LogP contribution in [0.15, 0.2) is 23.8 Å². The predicted molar refractivity (Wildman–Crippen MR) is 118 cm³/mol. The van der Waals surface area contributed by atoms with Crippen molar-refractivity contribution in [2.75, 3.05) is 20.7 Å². The first-order valence-electron chi connectivity index (χ1n) is 11.2. The van der Waals surface area contributed by atoms with Gasteiger partial charge in [0.2, 0.25) is 11.7 Å². The number of nitrogens with zero attached hydrogens (tertiary/aromatic N) is 1. The number of aliphatic hydroxyl groups excluding tert-OH is 2. The van der Waals surface area contributed by atoms with Gasteiger partial charge in [-0.05, 0) is 50.9 Å². The minimum Gasteiger partial charge on any atom is -0.507 e. The molecule has 1 amide bonds. The van der Waals surface area contributed by atoms with E-state index in [0.29, 0.717) is 24.3 Å². The summed E-state index contributed by atoms with van der Waals surface area (Å²) < 4.78 is 5.77. The molecule has 9 heteroatoms. The second kappa shape index (κ2) is 8.23. The summed E-state index contributed by atoms with van der Waals surface area (Å²) in [5, 5.41) is 33.6. The van der Waals surface area contributed by atoms with Gasteiger partial charge in [0.15, 0.2) is 11.4 Å². The molecule has 1 aromatic carbocycles. The van der Waals surface area contributed by atoms with Gasteiger partial charge < -0.3 is 30.7 Å². The Morgan fingerprint density at radius 2 is 2.00 bits per heavy atom. The van der Waals surface area contributed by atoms with Gasteiger partial charge in [-0.3, -0.25) is 14.4 Å². The molecule has 2 unspecified atom stereocenters. The van der Waals surface area contributed by atoms with Crippen molar-refractivity contribution in [3.63, 3.8) is 0 Å². The second-order valence-electron chi connectivity index (χ2n) is 9.43. The van der Waals surface area contributed by atoms with E-state index in [1.165, 1.54) is 0 Å². The van der Waals surface area contributed by atoms with Crippen molar-refractivity contribution in [3.8, 4) is 5.75 Å². The third-order valence-corrected chi connectivity index (χ3v) is 7.27. The Kier molecular flexibility index (Phi) is 5.84. The zero-order chi connectivity index (χ0) is 24.2. The number of rotatable bonds is 5. The first kappa shape index (κ1) is 23.4. The summed E-state index contributed by atoms with van der Waals surface area (Å²) in [7, 11) is 3.28. The molecule has 5 N–H and O–H groups in total. The largest absolute Gasteiger partial charge is 0.507 e. The van der Waals surface area contributed by atoms with Crippen LogP contribution in [0.3, 0.4) is 0 Å². The molecule has 2 fully saturated rings. The number of primary amides is 1. The summed E-state index contributed by atoms with van der Waals surface area (Å²) >= 11 is 0. The minimum absolute atomic E-state index is 0.0423. The molecule has 0 radical (unpaired) electrons. The van der Waals surface area contributed by atoms with Crippen LogP contribution in [0, 0.1) is 17.8 Å². The smallest absolute Gasteiger partial charge is 0.230 e. The molecule has 1 aromatic rings. The van der Waals surface area contributed by atoms with Crippen LogP contribution < -0.4 is 10.5 Å². The van der Waals surface area contributed by atoms with Crippen molar-refractivity contribution in [1.29, 1.82) is 0 Å². The number of hydrogen-bond acceptors (Lipinski definition) is 8. The Balaban J connectivity index is 1.87. The van der Waals surface area contributed by atoms with Gasteiger partial charge in [0, 0.05) is 17.5 Å². The second-order valence-corrected chi connectivity index (χ2v) is 9.43. The lowest BCUT2D eigenvalue weighted by atomic mass is 9.54. The number of Topliss-reactive ketones (excluding diaryl/α,β-unsaturated/α-hetero) is 2. The lowest BCUT2D eigenvalue weighted by Crippen LogP contribution is -2.73. The highest BCUT2D eigenvalue weighted by Gasteiger charge is 2.67. The maximum Gasteiger partial charge on any atom is 0.230 e. The first-order valence-corrected chi connectivity index (χ1v) is 11.2. The minimum atomic E-state index is -2.58. The number of ketones is 2. The van der Waals surface area contributed by atoms with Crippen molar-refractivity contribution >= 4 is 23.2 Å². The summed E-state index contributed by atoms with van der Waals surface area (Å²) in [6.07, 6.45) is -0.147. The zero-order valence-corrected chi connectivity index (χ0v) is 18.9. The Bertz CT molecular complexity index is 1050. The van der Waals surface area contributed by atoms with Crippen LogP contribution in [0.25, 0.3) is 5.76 Å². The topological polar surface area (TPSA) is 150 Å². The van der Waals surface area contributed by atoms with Gasteiger partial charge in [0.1, 0.15) is 17.4 Å². The van der Waals surface area contributed by atoms with Gasteiger partial charge in [0.05, 0.1) is 18.3 Å². The molecule has 3 aliphatic carbocycles. The molecular formula is C24H30N2O7. The number of hydrogen-bond donors (Lipinski definition) is 4. The third-order valence-electron chi connectivity index (χ3n) is 7.27. The van der Waals surface area contributed by atoms with Gasteiger partial charge in [0.25, 0.3) is 0 Å². The molecule has 0 heterocycles. The lowest BCUT2D eigenvalue weighted by Gasteiger charge is -2.53. The molecule has 2 saturated carbocycles. The normalized spacial score (nSPS) is 33.5. The quantitative estimate of drug-likeness (QED) is 0.458. The van der Waals surface area contributed by atoms with Crippen LogP contribution in [-0.2, 0) is 20.8 Å². The van der Waals surface area contributed by atoms with Gasteiger partial charge in [-0.1, -0.05) is 19.1 Å². The van der Waals surface area contributed by atoms with E-state index in [-0.39, 0.29) is 17.8 Å². The molecule has 33 heavy (non-hydrogen) atoms. The monoisotopic (exact) mass is 458 g/mol. The number of amides is 1. The van der Waals surface area contributed by atoms with Gasteiger partial charge in [-0.2, -0.15) is 0 Å². The summed E-state index contributed by atoms with van der Waals surface area (Å²) in [4.78, 5) is 40.6. The summed E-state index contributed by atoms with van der Waals surface area (Å²) in [5.74, 6) is -6.23. The molecular weight excluding hydrogens is 428 g/mol. The number of benzene rings is 1. The van der Waals surface area contributed by atoms with Crippen molar-refractivity contribution in [2.45, 2.75) is 43.9 Å². The van der Waals surface area contributed by atoms with E-state index in [1.54, 1.807) is 25.1 Å². The standard InChI is InChI=1S/C24H30N2O7/c1-4-8-33-14-7-5-6-11-9-12-10-13-18(26(2)3)20(28)17(23(25)31)22(30)24(13,32)21(29)16(12)19(27)15(11)14/h5-7,12-13,17-18,20,27-28,32H,4,8-10H2,1-3H3,(H2,25,31)/t12-,13-,17?,18-,20?,24-/m1/s1. The van der Waals surface area contributed by atoms with Crippen LogP contribution in [0.2, 0.25) is 0 Å². The summed E-state index contributed by atoms with van der Waals surface area (Å²) in [6, 6.07) is 4.50. The van der Waals surface area contributed by atoms with Crippen LogP contribution in [0.1, 0.15) is 30.9 Å². The van der Waals surface area contributed by atoms with E-state index in [2.05, 4.69) is 0 Å². The van der Waals surface area contributed by atoms with Crippen molar-refractivity contribution in [3.05, 3.63) is 34.9 Å². The highest BCUT2D eigenvalue weighted by molar-refractivity contribution is 6.24. The predicted octanol–water partition coefficient (Wildman–Crippen LogP) is 0.212. The average Bonchev–Trinajstić information content (AvgIpc) is 2.74. The fourth-order valence-electron chi connectivity index (χ4n) is 5.86. The molecule has 3 aliphatic rings. The molecule has 9 nitrogen and oxygen atoms in total. The lowest BCUT2D eigenvalue weighted by molar-refractivity contribution is -0.184. The van der Waals surface area contributed by atoms with Crippen LogP contribution in [0.4, 0.5) is 0 Å². The van der Waals surface area contributed by atoms with Crippen molar-refractivity contribution in [2.24, 2.45) is 23.5 Å². The Morgan fingerprint density at radius 3 is 2.61 bits per heavy atom. The zero-order valence-electron chi connectivity index (χ0n) is 18.9. The molecule has 6 atom stereocenters. The van der Waals surface area contributed by atoms with Crippen molar-refractivity contribution < 1.29 is 34.4 Å². The van der Waals surface area contributed by atoms with E-state index in [1.807, 2.05) is 19.1 Å². The first-order chi connectivity index (χ1) is 15.5. The summed E-state index contributed by atoms with van der Waals surface area (Å²) in [5.41, 5.74) is 3.94. The Morgan fingerprint density at radius 1 is 1.30 bits per heavy atom. The number of carbonyl (C=O) groups is 3. The van der Waals surface area contributed by atoms with E-state index < -0.39 is 53.0 Å². The van der Waals surface area contributed by atoms with Crippen molar-refractivity contribution in [1.82, 2.24) is 4.90 Å². The SMILES string of the molecule is CCCOc1cccc2c1C(O)=C1C(=O)[C@@]3(O)C(=O)C(C(N)=O)C(O)[C@H](N(C)C)[C@H]3C[C@H]1C2. The molecule has 0 aliphatic heterocycles. The van der Waals surface area contributed by atoms with E-state index >= 15 is 0 Å². The fourth-order valence-corrected chi connectivity index (χ4v) is 5.86. The average molecular weight is 459 g/mol. The van der Waals surface area contributed by atoms with Gasteiger partial charge in [-0.25, -0.2) is 0 Å². The van der Waals surface area contributed by atoms with Crippen LogP contribution in [-0.4, -0.2) is 76.1 Å². The highest BCUT2D eigenvalue weighted by Crippen LogP contribution is 2.52.